The highest BCUT2D eigenvalue weighted by Gasteiger charge is 2.44. The zero-order chi connectivity index (χ0) is 9.53. The van der Waals surface area contributed by atoms with Crippen molar-refractivity contribution in [3.63, 3.8) is 0 Å². The average Bonchev–Trinajstić information content (AvgIpc) is 2.41. The van der Waals surface area contributed by atoms with Gasteiger partial charge in [0.1, 0.15) is 0 Å². The van der Waals surface area contributed by atoms with Gasteiger partial charge in [-0.2, -0.15) is 0 Å². The van der Waals surface area contributed by atoms with Crippen LogP contribution in [0, 0.1) is 0 Å². The molecule has 0 atom stereocenters. The van der Waals surface area contributed by atoms with Crippen molar-refractivity contribution in [2.75, 3.05) is 13.2 Å². The molecule has 1 N–H and O–H groups in total. The summed E-state index contributed by atoms with van der Waals surface area (Å²) in [4.78, 5) is 11.1. The Bertz CT molecular complexity index is 227. The monoisotopic (exact) mass is 185 g/mol. The van der Waals surface area contributed by atoms with Crippen LogP contribution in [0.3, 0.4) is 0 Å². The second kappa shape index (κ2) is 2.69. The fourth-order valence-electron chi connectivity index (χ4n) is 1.70. The van der Waals surface area contributed by atoms with E-state index in [-0.39, 0.29) is 11.4 Å². The fourth-order valence-corrected chi connectivity index (χ4v) is 1.70. The molecule has 2 heterocycles. The SMILES string of the molecule is CC1(C)OCC2(CCC(=O)N2)CO1. The first-order valence-corrected chi connectivity index (χ1v) is 4.60. The number of hydrogen-bond acceptors (Lipinski definition) is 3. The summed E-state index contributed by atoms with van der Waals surface area (Å²) in [5, 5.41) is 2.92. The van der Waals surface area contributed by atoms with Crippen LogP contribution in [0.1, 0.15) is 26.7 Å². The molecule has 0 unspecified atom stereocenters. The summed E-state index contributed by atoms with van der Waals surface area (Å²) in [5.41, 5.74) is -0.243. The molecule has 2 rings (SSSR count). The second-order valence-corrected chi connectivity index (χ2v) is 4.31. The van der Waals surface area contributed by atoms with Gasteiger partial charge in [0.25, 0.3) is 0 Å². The zero-order valence-electron chi connectivity index (χ0n) is 8.05. The van der Waals surface area contributed by atoms with E-state index in [0.717, 1.165) is 6.42 Å². The highest BCUT2D eigenvalue weighted by Crippen LogP contribution is 2.29. The maximum Gasteiger partial charge on any atom is 0.220 e. The van der Waals surface area contributed by atoms with Gasteiger partial charge in [-0.1, -0.05) is 0 Å². The van der Waals surface area contributed by atoms with Gasteiger partial charge >= 0.3 is 0 Å². The van der Waals surface area contributed by atoms with Gasteiger partial charge in [-0.05, 0) is 20.3 Å². The Morgan fingerprint density at radius 3 is 2.38 bits per heavy atom. The van der Waals surface area contributed by atoms with Crippen LogP contribution in [0.15, 0.2) is 0 Å². The third-order valence-electron chi connectivity index (χ3n) is 2.63. The quantitative estimate of drug-likeness (QED) is 0.595. The lowest BCUT2D eigenvalue weighted by atomic mass is 9.98. The molecule has 0 aromatic rings. The van der Waals surface area contributed by atoms with Crippen LogP contribution < -0.4 is 5.32 Å². The van der Waals surface area contributed by atoms with Gasteiger partial charge in [-0.25, -0.2) is 0 Å². The molecule has 0 aromatic carbocycles. The van der Waals surface area contributed by atoms with E-state index in [1.807, 2.05) is 13.8 Å². The first kappa shape index (κ1) is 8.97. The lowest BCUT2D eigenvalue weighted by molar-refractivity contribution is -0.269. The van der Waals surface area contributed by atoms with Crippen LogP contribution in [0.4, 0.5) is 0 Å². The predicted octanol–water partition coefficient (Wildman–Crippen LogP) is 0.418. The molecule has 2 aliphatic heterocycles. The molecule has 0 bridgehead atoms. The van der Waals surface area contributed by atoms with Gasteiger partial charge in [0.15, 0.2) is 5.79 Å². The van der Waals surface area contributed by atoms with E-state index < -0.39 is 5.79 Å². The van der Waals surface area contributed by atoms with E-state index in [1.54, 1.807) is 0 Å². The number of ether oxygens (including phenoxy) is 2. The Balaban J connectivity index is 2.01. The minimum Gasteiger partial charge on any atom is -0.348 e. The van der Waals surface area contributed by atoms with Gasteiger partial charge in [0, 0.05) is 6.42 Å². The first-order valence-electron chi connectivity index (χ1n) is 4.60. The van der Waals surface area contributed by atoms with Gasteiger partial charge in [0.2, 0.25) is 5.91 Å². The van der Waals surface area contributed by atoms with Crippen molar-refractivity contribution >= 4 is 5.91 Å². The highest BCUT2D eigenvalue weighted by molar-refractivity contribution is 5.79. The summed E-state index contributed by atoms with van der Waals surface area (Å²) in [7, 11) is 0. The van der Waals surface area contributed by atoms with Crippen molar-refractivity contribution in [3.05, 3.63) is 0 Å². The molecule has 74 valence electrons. The molecule has 0 aliphatic carbocycles. The van der Waals surface area contributed by atoms with Crippen molar-refractivity contribution < 1.29 is 14.3 Å². The summed E-state index contributed by atoms with van der Waals surface area (Å²) in [6.45, 7) is 4.89. The number of amides is 1. The topological polar surface area (TPSA) is 47.6 Å². The molecular formula is C9H15NO3. The minimum atomic E-state index is -0.501. The highest BCUT2D eigenvalue weighted by atomic mass is 16.7. The summed E-state index contributed by atoms with van der Waals surface area (Å²) >= 11 is 0. The van der Waals surface area contributed by atoms with E-state index in [1.165, 1.54) is 0 Å². The molecule has 13 heavy (non-hydrogen) atoms. The van der Waals surface area contributed by atoms with Crippen molar-refractivity contribution in [2.24, 2.45) is 0 Å². The fraction of sp³-hybridized carbons (Fsp3) is 0.889. The second-order valence-electron chi connectivity index (χ2n) is 4.31. The molecule has 1 amide bonds. The summed E-state index contributed by atoms with van der Waals surface area (Å²) in [5.74, 6) is -0.398. The summed E-state index contributed by atoms with van der Waals surface area (Å²) in [6.07, 6.45) is 1.41. The minimum absolute atomic E-state index is 0.104. The molecule has 0 aromatic heterocycles. The lowest BCUT2D eigenvalue weighted by Crippen LogP contribution is -2.57. The summed E-state index contributed by atoms with van der Waals surface area (Å²) < 4.78 is 11.0. The van der Waals surface area contributed by atoms with Crippen molar-refractivity contribution in [1.82, 2.24) is 5.32 Å². The lowest BCUT2D eigenvalue weighted by Gasteiger charge is -2.41. The van der Waals surface area contributed by atoms with Crippen LogP contribution in [-0.4, -0.2) is 30.4 Å². The standard InChI is InChI=1S/C9H15NO3/c1-8(2)12-5-9(6-13-8)4-3-7(11)10-9/h3-6H2,1-2H3,(H,10,11). The van der Waals surface area contributed by atoms with Crippen molar-refractivity contribution in [2.45, 2.75) is 38.0 Å². The van der Waals surface area contributed by atoms with Crippen LogP contribution in [0.5, 0.6) is 0 Å². The molecular weight excluding hydrogens is 170 g/mol. The van der Waals surface area contributed by atoms with E-state index >= 15 is 0 Å². The number of rotatable bonds is 0. The molecule has 1 spiro atoms. The molecule has 4 heteroatoms. The van der Waals surface area contributed by atoms with Gasteiger partial charge < -0.3 is 14.8 Å². The number of hydrogen-bond donors (Lipinski definition) is 1. The van der Waals surface area contributed by atoms with E-state index in [9.17, 15) is 4.79 Å². The van der Waals surface area contributed by atoms with E-state index in [2.05, 4.69) is 5.32 Å². The molecule has 4 nitrogen and oxygen atoms in total. The molecule has 0 saturated carbocycles. The Hall–Kier alpha value is -0.610. The first-order chi connectivity index (χ1) is 6.02. The third-order valence-corrected chi connectivity index (χ3v) is 2.63. The van der Waals surface area contributed by atoms with Crippen LogP contribution >= 0.6 is 0 Å². The van der Waals surface area contributed by atoms with E-state index in [0.29, 0.717) is 19.6 Å². The largest absolute Gasteiger partial charge is 0.348 e. The molecule has 0 radical (unpaired) electrons. The van der Waals surface area contributed by atoms with Crippen LogP contribution in [0.2, 0.25) is 0 Å². The third kappa shape index (κ3) is 1.69. The van der Waals surface area contributed by atoms with Crippen molar-refractivity contribution in [3.8, 4) is 0 Å². The van der Waals surface area contributed by atoms with Crippen LogP contribution in [0.25, 0.3) is 0 Å². The Morgan fingerprint density at radius 2 is 1.92 bits per heavy atom. The van der Waals surface area contributed by atoms with Crippen molar-refractivity contribution in [1.29, 1.82) is 0 Å². The molecule has 2 fully saturated rings. The number of carbonyl (C=O) groups is 1. The predicted molar refractivity (Wildman–Crippen MR) is 46.1 cm³/mol. The maximum absolute atomic E-state index is 11.1. The Kier molecular flexibility index (Phi) is 1.85. The molecule has 2 saturated heterocycles. The Morgan fingerprint density at radius 1 is 1.31 bits per heavy atom. The van der Waals surface area contributed by atoms with Gasteiger partial charge in [0.05, 0.1) is 18.8 Å². The normalized spacial score (nSPS) is 30.5. The van der Waals surface area contributed by atoms with Crippen LogP contribution in [-0.2, 0) is 14.3 Å². The zero-order valence-corrected chi connectivity index (χ0v) is 8.05. The van der Waals surface area contributed by atoms with Gasteiger partial charge in [-0.15, -0.1) is 0 Å². The maximum atomic E-state index is 11.1. The van der Waals surface area contributed by atoms with E-state index in [4.69, 9.17) is 9.47 Å². The smallest absolute Gasteiger partial charge is 0.220 e. The average molecular weight is 185 g/mol. The Labute approximate surface area is 77.6 Å². The number of nitrogens with one attached hydrogen (secondary N) is 1. The number of carbonyl (C=O) groups excluding carboxylic acids is 1. The van der Waals surface area contributed by atoms with Gasteiger partial charge in [-0.3, -0.25) is 4.79 Å². The molecule has 2 aliphatic rings. The summed E-state index contributed by atoms with van der Waals surface area (Å²) in [6, 6.07) is 0.